The third-order valence-corrected chi connectivity index (χ3v) is 2.53. The minimum atomic E-state index is -1.42. The lowest BCUT2D eigenvalue weighted by atomic mass is 10.1. The SMILES string of the molecule is Cc1c(F)c(F)cc2[nH]cc(C(=O)O)c(=O)c12. The Morgan fingerprint density at radius 1 is 1.41 bits per heavy atom. The van der Waals surface area contributed by atoms with Crippen molar-refractivity contribution in [2.45, 2.75) is 6.92 Å². The molecule has 0 fully saturated rings. The van der Waals surface area contributed by atoms with Crippen molar-refractivity contribution in [3.05, 3.63) is 45.2 Å². The van der Waals surface area contributed by atoms with Gasteiger partial charge in [-0.3, -0.25) is 4.79 Å². The number of aryl methyl sites for hydroxylation is 1. The summed E-state index contributed by atoms with van der Waals surface area (Å²) in [6.07, 6.45) is 0.962. The smallest absolute Gasteiger partial charge is 0.341 e. The molecule has 88 valence electrons. The highest BCUT2D eigenvalue weighted by atomic mass is 19.2. The molecule has 0 saturated carbocycles. The van der Waals surface area contributed by atoms with Crippen LogP contribution in [-0.4, -0.2) is 16.1 Å². The summed E-state index contributed by atoms with van der Waals surface area (Å²) < 4.78 is 26.4. The van der Waals surface area contributed by atoms with Crippen LogP contribution in [0.15, 0.2) is 17.1 Å². The lowest BCUT2D eigenvalue weighted by Crippen LogP contribution is -2.16. The van der Waals surface area contributed by atoms with Crippen LogP contribution >= 0.6 is 0 Å². The molecule has 2 N–H and O–H groups in total. The van der Waals surface area contributed by atoms with Gasteiger partial charge in [0.15, 0.2) is 11.6 Å². The van der Waals surface area contributed by atoms with Gasteiger partial charge >= 0.3 is 5.97 Å². The third-order valence-electron chi connectivity index (χ3n) is 2.53. The Bertz CT molecular complexity index is 691. The first-order valence-corrected chi connectivity index (χ1v) is 4.66. The largest absolute Gasteiger partial charge is 0.477 e. The van der Waals surface area contributed by atoms with Gasteiger partial charge in [-0.25, -0.2) is 13.6 Å². The Morgan fingerprint density at radius 2 is 2.06 bits per heavy atom. The number of pyridine rings is 1. The Kier molecular flexibility index (Phi) is 2.42. The molecule has 4 nitrogen and oxygen atoms in total. The van der Waals surface area contributed by atoms with Gasteiger partial charge in [-0.1, -0.05) is 0 Å². The number of carboxylic acid groups (broad SMARTS) is 1. The lowest BCUT2D eigenvalue weighted by Gasteiger charge is -2.05. The molecule has 0 unspecified atom stereocenters. The van der Waals surface area contributed by atoms with Gasteiger partial charge in [0.05, 0.1) is 10.9 Å². The van der Waals surface area contributed by atoms with Gasteiger partial charge in [0.2, 0.25) is 5.43 Å². The fourth-order valence-electron chi connectivity index (χ4n) is 1.67. The second-order valence-corrected chi connectivity index (χ2v) is 3.56. The van der Waals surface area contributed by atoms with Crippen LogP contribution in [0.25, 0.3) is 10.9 Å². The zero-order valence-electron chi connectivity index (χ0n) is 8.67. The number of aromatic nitrogens is 1. The molecule has 0 aliphatic carbocycles. The molecule has 0 spiro atoms. The maximum absolute atomic E-state index is 13.3. The Morgan fingerprint density at radius 3 is 2.65 bits per heavy atom. The van der Waals surface area contributed by atoms with Gasteiger partial charge in [0, 0.05) is 17.8 Å². The second kappa shape index (κ2) is 3.65. The summed E-state index contributed by atoms with van der Waals surface area (Å²) in [5.41, 5.74) is -1.48. The van der Waals surface area contributed by atoms with Crippen LogP contribution < -0.4 is 5.43 Å². The second-order valence-electron chi connectivity index (χ2n) is 3.56. The van der Waals surface area contributed by atoms with Gasteiger partial charge in [-0.05, 0) is 6.92 Å². The van der Waals surface area contributed by atoms with Crippen molar-refractivity contribution in [2.24, 2.45) is 0 Å². The molecule has 1 aromatic heterocycles. The lowest BCUT2D eigenvalue weighted by molar-refractivity contribution is 0.0695. The van der Waals surface area contributed by atoms with Crippen molar-refractivity contribution in [2.75, 3.05) is 0 Å². The molecule has 2 aromatic rings. The van der Waals surface area contributed by atoms with Crippen molar-refractivity contribution in [3.63, 3.8) is 0 Å². The van der Waals surface area contributed by atoms with E-state index in [2.05, 4.69) is 4.98 Å². The van der Waals surface area contributed by atoms with Gasteiger partial charge < -0.3 is 10.1 Å². The zero-order chi connectivity index (χ0) is 12.7. The number of hydrogen-bond acceptors (Lipinski definition) is 2. The molecule has 0 bridgehead atoms. The van der Waals surface area contributed by atoms with E-state index in [0.29, 0.717) is 0 Å². The predicted octanol–water partition coefficient (Wildman–Crippen LogP) is 1.81. The number of rotatable bonds is 1. The van der Waals surface area contributed by atoms with E-state index >= 15 is 0 Å². The summed E-state index contributed by atoms with van der Waals surface area (Å²) >= 11 is 0. The third kappa shape index (κ3) is 1.57. The number of nitrogens with one attached hydrogen (secondary N) is 1. The van der Waals surface area contributed by atoms with Crippen LogP contribution in [0, 0.1) is 18.6 Å². The number of aromatic carboxylic acids is 1. The molecule has 0 aliphatic rings. The summed E-state index contributed by atoms with van der Waals surface area (Å²) in [5, 5.41) is 8.60. The van der Waals surface area contributed by atoms with Crippen molar-refractivity contribution >= 4 is 16.9 Å². The van der Waals surface area contributed by atoms with E-state index in [-0.39, 0.29) is 16.5 Å². The molecular formula is C11H7F2NO3. The molecule has 0 radical (unpaired) electrons. The summed E-state index contributed by atoms with van der Waals surface area (Å²) in [7, 11) is 0. The first-order valence-electron chi connectivity index (χ1n) is 4.66. The van der Waals surface area contributed by atoms with Gasteiger partial charge in [-0.15, -0.1) is 0 Å². The molecule has 17 heavy (non-hydrogen) atoms. The molecule has 1 heterocycles. The summed E-state index contributed by atoms with van der Waals surface area (Å²) in [5.74, 6) is -3.66. The van der Waals surface area contributed by atoms with E-state index in [0.717, 1.165) is 12.3 Å². The van der Waals surface area contributed by atoms with Crippen LogP contribution in [-0.2, 0) is 0 Å². The molecule has 0 saturated heterocycles. The normalized spacial score (nSPS) is 10.8. The van der Waals surface area contributed by atoms with Crippen molar-refractivity contribution in [1.29, 1.82) is 0 Å². The predicted molar refractivity (Wildman–Crippen MR) is 56.2 cm³/mol. The van der Waals surface area contributed by atoms with Crippen molar-refractivity contribution < 1.29 is 18.7 Å². The van der Waals surface area contributed by atoms with E-state index in [1.165, 1.54) is 6.92 Å². The monoisotopic (exact) mass is 239 g/mol. The van der Waals surface area contributed by atoms with Crippen molar-refractivity contribution in [1.82, 2.24) is 4.98 Å². The Labute approximate surface area is 93.5 Å². The standard InChI is InChI=1S/C11H7F2NO3/c1-4-8-7(2-6(12)9(4)13)14-3-5(10(8)15)11(16)17/h2-3H,1H3,(H,14,15)(H,16,17). The number of fused-ring (bicyclic) bond motifs is 1. The number of benzene rings is 1. The van der Waals surface area contributed by atoms with E-state index in [4.69, 9.17) is 5.11 Å². The molecule has 6 heteroatoms. The van der Waals surface area contributed by atoms with Crippen LogP contribution in [0.1, 0.15) is 15.9 Å². The van der Waals surface area contributed by atoms with Crippen LogP contribution in [0.5, 0.6) is 0 Å². The van der Waals surface area contributed by atoms with Gasteiger partial charge in [0.25, 0.3) is 0 Å². The van der Waals surface area contributed by atoms with E-state index in [1.807, 2.05) is 0 Å². The van der Waals surface area contributed by atoms with Crippen LogP contribution in [0.2, 0.25) is 0 Å². The van der Waals surface area contributed by atoms with Crippen molar-refractivity contribution in [3.8, 4) is 0 Å². The fraction of sp³-hybridized carbons (Fsp3) is 0.0909. The first-order chi connectivity index (χ1) is 7.93. The highest BCUT2D eigenvalue weighted by molar-refractivity contribution is 5.93. The van der Waals surface area contributed by atoms with Gasteiger partial charge in [-0.2, -0.15) is 0 Å². The molecule has 0 aliphatic heterocycles. The summed E-state index contributed by atoms with van der Waals surface area (Å²) in [4.78, 5) is 25.0. The zero-order valence-corrected chi connectivity index (χ0v) is 8.67. The fourth-order valence-corrected chi connectivity index (χ4v) is 1.67. The maximum atomic E-state index is 13.3. The number of H-pyrrole nitrogens is 1. The average Bonchev–Trinajstić information content (AvgIpc) is 2.25. The number of carbonyl (C=O) groups is 1. The van der Waals surface area contributed by atoms with E-state index in [1.54, 1.807) is 0 Å². The molecule has 1 aromatic carbocycles. The quantitative estimate of drug-likeness (QED) is 0.797. The highest BCUT2D eigenvalue weighted by Gasteiger charge is 2.17. The number of halogens is 2. The number of carboxylic acids is 1. The Balaban J connectivity index is 3.00. The minimum absolute atomic E-state index is 0.0661. The topological polar surface area (TPSA) is 70.2 Å². The molecule has 2 rings (SSSR count). The van der Waals surface area contributed by atoms with E-state index < -0.39 is 28.6 Å². The minimum Gasteiger partial charge on any atom is -0.477 e. The van der Waals surface area contributed by atoms with E-state index in [9.17, 15) is 18.4 Å². The number of hydrogen-bond donors (Lipinski definition) is 2. The average molecular weight is 239 g/mol. The molecule has 0 amide bonds. The first kappa shape index (κ1) is 11.3. The van der Waals surface area contributed by atoms with Crippen LogP contribution in [0.3, 0.4) is 0 Å². The highest BCUT2D eigenvalue weighted by Crippen LogP contribution is 2.19. The van der Waals surface area contributed by atoms with Gasteiger partial charge in [0.1, 0.15) is 5.56 Å². The molecule has 0 atom stereocenters. The maximum Gasteiger partial charge on any atom is 0.341 e. The van der Waals surface area contributed by atoms with Crippen LogP contribution in [0.4, 0.5) is 8.78 Å². The molecular weight excluding hydrogens is 232 g/mol. The Hall–Kier alpha value is -2.24. The summed E-state index contributed by atoms with van der Waals surface area (Å²) in [6.45, 7) is 1.22. The summed E-state index contributed by atoms with van der Waals surface area (Å²) in [6, 6.07) is 0.824. The number of aromatic amines is 1.